The Morgan fingerprint density at radius 3 is 2.03 bits per heavy atom. The fourth-order valence-electron chi connectivity index (χ4n) is 3.50. The normalized spacial score (nSPS) is 10.4. The summed E-state index contributed by atoms with van der Waals surface area (Å²) >= 11 is 0. The van der Waals surface area contributed by atoms with Crippen molar-refractivity contribution in [3.05, 3.63) is 65.7 Å². The van der Waals surface area contributed by atoms with Crippen LogP contribution in [-0.4, -0.2) is 43.0 Å². The first-order valence-corrected chi connectivity index (χ1v) is 9.35. The molecule has 0 heterocycles. The number of carbonyl (C=O) groups is 1. The van der Waals surface area contributed by atoms with Crippen LogP contribution in [0, 0.1) is 88.1 Å². The summed E-state index contributed by atoms with van der Waals surface area (Å²) in [7, 11) is 1.54. The van der Waals surface area contributed by atoms with Crippen LogP contribution in [0.3, 0.4) is 0 Å². The van der Waals surface area contributed by atoms with Crippen LogP contribution in [0.25, 0.3) is 0 Å². The number of rotatable bonds is 11. The molecule has 0 atom stereocenters. The van der Waals surface area contributed by atoms with Gasteiger partial charge in [0.1, 0.15) is 5.75 Å². The van der Waals surface area contributed by atoms with E-state index in [1.165, 1.54) is 0 Å². The molecule has 0 bridgehead atoms. The van der Waals surface area contributed by atoms with Gasteiger partial charge in [0.2, 0.25) is 0 Å². The van der Waals surface area contributed by atoms with Crippen molar-refractivity contribution in [2.75, 3.05) is 26.9 Å². The van der Waals surface area contributed by atoms with Crippen LogP contribution in [0.4, 0.5) is 0 Å². The third-order valence-electron chi connectivity index (χ3n) is 4.95. The van der Waals surface area contributed by atoms with Gasteiger partial charge in [-0.05, 0) is 43.4 Å². The Morgan fingerprint density at radius 1 is 0.931 bits per heavy atom. The molecule has 7 heteroatoms. The van der Waals surface area contributed by atoms with Crippen molar-refractivity contribution in [1.82, 2.24) is 5.32 Å². The summed E-state index contributed by atoms with van der Waals surface area (Å²) in [5, 5.41) is 21.8. The van der Waals surface area contributed by atoms with Crippen molar-refractivity contribution in [3.63, 3.8) is 0 Å². The van der Waals surface area contributed by atoms with Crippen LogP contribution in [0.2, 0.25) is 0 Å². The minimum atomic E-state index is -0.343. The van der Waals surface area contributed by atoms with Crippen LogP contribution in [-0.2, 0) is 5.41 Å². The number of hydrogen-bond acceptors (Lipinski definition) is 4. The fraction of sp³-hybridized carbons (Fsp3) is 0.409. The smallest absolute Gasteiger partial charge is 0.255 e. The summed E-state index contributed by atoms with van der Waals surface area (Å²) in [5.41, 5.74) is 1.25. The van der Waals surface area contributed by atoms with Crippen molar-refractivity contribution >= 4 is 5.91 Å². The van der Waals surface area contributed by atoms with Gasteiger partial charge in [0.05, 0.1) is 12.7 Å². The first kappa shape index (κ1) is 29.5. The molecule has 2 rings (SSSR count). The number of ether oxygens (including phenoxy) is 1. The Hall–Kier alpha value is 0.513. The van der Waals surface area contributed by atoms with E-state index in [2.05, 4.69) is 5.32 Å². The van der Waals surface area contributed by atoms with Crippen molar-refractivity contribution < 1.29 is 108 Å². The molecule has 0 aliphatic carbocycles. The van der Waals surface area contributed by atoms with Crippen molar-refractivity contribution in [3.8, 4) is 5.75 Å². The first-order chi connectivity index (χ1) is 13.2. The third-order valence-corrected chi connectivity index (χ3v) is 4.95. The average molecular weight is 825 g/mol. The maximum Gasteiger partial charge on any atom is 0.255 e. The molecule has 0 fully saturated rings. The third kappa shape index (κ3) is 8.88. The molecule has 3 N–H and O–H groups in total. The van der Waals surface area contributed by atoms with Crippen molar-refractivity contribution in [2.45, 2.75) is 31.1 Å². The second kappa shape index (κ2) is 16.2. The maximum atomic E-state index is 12.8. The Morgan fingerprint density at radius 2 is 1.48 bits per heavy atom. The van der Waals surface area contributed by atoms with Gasteiger partial charge in [-0.1, -0.05) is 42.5 Å². The van der Waals surface area contributed by atoms with E-state index in [9.17, 15) is 15.0 Å². The van der Waals surface area contributed by atoms with Crippen LogP contribution in [0.5, 0.6) is 5.75 Å². The maximum absolute atomic E-state index is 12.8. The van der Waals surface area contributed by atoms with E-state index in [1.54, 1.807) is 25.3 Å². The molecule has 2 aromatic carbocycles. The van der Waals surface area contributed by atoms with E-state index in [0.29, 0.717) is 30.7 Å². The van der Waals surface area contributed by atoms with Crippen LogP contribution in [0.1, 0.15) is 41.6 Å². The molecule has 2 aromatic rings. The minimum absolute atomic E-state index is 0. The number of methoxy groups -OCH3 is 1. The van der Waals surface area contributed by atoms with Gasteiger partial charge in [-0.15, -0.1) is 0 Å². The minimum Gasteiger partial charge on any atom is -0.496 e. The largest absolute Gasteiger partial charge is 0.496 e. The van der Waals surface area contributed by atoms with Crippen LogP contribution < -0.4 is 10.1 Å². The number of hydrogen-bond donors (Lipinski definition) is 3. The van der Waals surface area contributed by atoms with Gasteiger partial charge < -0.3 is 20.3 Å². The monoisotopic (exact) mass is 825 g/mol. The van der Waals surface area contributed by atoms with E-state index in [1.807, 2.05) is 36.4 Å². The van der Waals surface area contributed by atoms with Crippen molar-refractivity contribution in [1.29, 1.82) is 0 Å². The first-order valence-electron chi connectivity index (χ1n) is 9.35. The molecule has 2 radical (unpaired) electrons. The molecule has 0 unspecified atom stereocenters. The Kier molecular flexibility index (Phi) is 16.5. The summed E-state index contributed by atoms with van der Waals surface area (Å²) in [5.74, 6) is 0.340. The van der Waals surface area contributed by atoms with Crippen LogP contribution in [0.15, 0.2) is 54.6 Å². The molecule has 0 saturated heterocycles. The number of aliphatic hydroxyl groups is 2. The predicted octanol–water partition coefficient (Wildman–Crippen LogP) is 2.91. The number of amides is 1. The van der Waals surface area contributed by atoms with Crippen LogP contribution >= 0.6 is 0 Å². The second-order valence-corrected chi connectivity index (χ2v) is 6.68. The van der Waals surface area contributed by atoms with Gasteiger partial charge in [0, 0.05) is 113 Å². The fourth-order valence-corrected chi connectivity index (χ4v) is 3.50. The number of carbonyl (C=O) groups excluding carboxylic acids is 1. The molecule has 0 aliphatic heterocycles. The van der Waals surface area contributed by atoms with Gasteiger partial charge in [0.25, 0.3) is 5.91 Å². The average Bonchev–Trinajstić information content (AvgIpc) is 2.74. The summed E-state index contributed by atoms with van der Waals surface area (Å²) in [6, 6.07) is 17.1. The van der Waals surface area contributed by atoms with E-state index in [4.69, 9.17) is 4.74 Å². The molecule has 29 heavy (non-hydrogen) atoms. The van der Waals surface area contributed by atoms with E-state index in [-0.39, 0.29) is 113 Å². The number of benzene rings is 2. The van der Waals surface area contributed by atoms with Gasteiger partial charge in [0.15, 0.2) is 0 Å². The molecule has 0 spiro atoms. The molecule has 5 nitrogen and oxygen atoms in total. The Bertz CT molecular complexity index is 705. The molecule has 0 aromatic heterocycles. The summed E-state index contributed by atoms with van der Waals surface area (Å²) in [6.07, 6.45) is 2.70. The summed E-state index contributed by atoms with van der Waals surface area (Å²) in [4.78, 5) is 12.8. The summed E-state index contributed by atoms with van der Waals surface area (Å²) in [6.45, 7) is 0.607. The number of aliphatic hydroxyl groups excluding tert-OH is 2. The van der Waals surface area contributed by atoms with Crippen molar-refractivity contribution in [2.24, 2.45) is 0 Å². The van der Waals surface area contributed by atoms with E-state index in [0.717, 1.165) is 18.4 Å². The Balaban J connectivity index is 0.00000392. The number of para-hydroxylation sites is 1. The summed E-state index contributed by atoms with van der Waals surface area (Å²) < 4.78 is 5.29. The van der Waals surface area contributed by atoms with E-state index < -0.39 is 0 Å². The molecule has 152 valence electrons. The molecular formula is C22H29Ac2NO4. The van der Waals surface area contributed by atoms with Gasteiger partial charge in [-0.25, -0.2) is 0 Å². The molecule has 0 saturated carbocycles. The quantitative estimate of drug-likeness (QED) is 0.326. The number of nitrogens with one attached hydrogen (secondary N) is 1. The molecule has 1 amide bonds. The van der Waals surface area contributed by atoms with Gasteiger partial charge in [-0.2, -0.15) is 0 Å². The Labute approximate surface area is 245 Å². The topological polar surface area (TPSA) is 78.8 Å². The van der Waals surface area contributed by atoms with Gasteiger partial charge in [-0.3, -0.25) is 4.79 Å². The van der Waals surface area contributed by atoms with E-state index >= 15 is 0 Å². The predicted molar refractivity (Wildman–Crippen MR) is 106 cm³/mol. The zero-order valence-corrected chi connectivity index (χ0v) is 26.5. The zero-order valence-electron chi connectivity index (χ0n) is 17.0. The van der Waals surface area contributed by atoms with Gasteiger partial charge >= 0.3 is 0 Å². The molecule has 0 aliphatic rings. The standard InChI is InChI=1S/C22H29NO4.2Ac/c1-27-20-12-6-5-11-19(20)21(26)23-17-22(13-7-15-24,14-8-16-25)18-9-3-2-4-10-18;;/h2-6,9-12,24-25H,7-8,13-17H2,1H3,(H,23,26);;. The molecular weight excluding hydrogens is 796 g/mol. The zero-order chi connectivity index (χ0) is 19.5. The second-order valence-electron chi connectivity index (χ2n) is 6.68. The SMILES string of the molecule is COc1ccccc1C(=O)NCC(CCCO)(CCCO)c1ccccc1.[Ac].[Ac].